The number of carbonyl (C=O) groups excluding carboxylic acids is 2. The third kappa shape index (κ3) is 4.91. The van der Waals surface area contributed by atoms with E-state index in [1.54, 1.807) is 30.3 Å². The number of aromatic nitrogens is 1. The zero-order chi connectivity index (χ0) is 19.8. The highest BCUT2D eigenvalue weighted by Crippen LogP contribution is 2.26. The summed E-state index contributed by atoms with van der Waals surface area (Å²) in [5.74, 6) is 0.127. The molecule has 2 amide bonds. The monoisotopic (exact) mass is 379 g/mol. The first-order valence-electron chi connectivity index (χ1n) is 8.84. The Balaban J connectivity index is 1.48. The summed E-state index contributed by atoms with van der Waals surface area (Å²) in [5.41, 5.74) is 6.07. The lowest BCUT2D eigenvalue weighted by Gasteiger charge is -2.12. The van der Waals surface area contributed by atoms with Crippen molar-refractivity contribution in [1.82, 2.24) is 15.4 Å². The van der Waals surface area contributed by atoms with Crippen LogP contribution >= 0.6 is 0 Å². The molecule has 0 spiro atoms. The van der Waals surface area contributed by atoms with E-state index in [2.05, 4.69) is 10.9 Å². The molecule has 0 unspecified atom stereocenters. The summed E-state index contributed by atoms with van der Waals surface area (Å²) in [5, 5.41) is 0. The Kier molecular flexibility index (Phi) is 6.30. The van der Waals surface area contributed by atoms with Gasteiger partial charge in [-0.1, -0.05) is 12.1 Å². The largest absolute Gasteiger partial charge is 0.490 e. The zero-order valence-corrected chi connectivity index (χ0v) is 15.4. The molecule has 7 nitrogen and oxygen atoms in total. The van der Waals surface area contributed by atoms with E-state index in [1.165, 1.54) is 0 Å². The first-order valence-corrected chi connectivity index (χ1v) is 8.84. The second kappa shape index (κ2) is 9.27. The van der Waals surface area contributed by atoms with Gasteiger partial charge in [-0.05, 0) is 55.5 Å². The number of amides is 2. The standard InChI is InChI=1S/C21H21N3O4/c1-2-27-18-7-3-4-8-19(18)28-15-20(25)22-23-21(26)16-9-11-17(12-10-16)24-13-5-6-14-24/h3-14H,2,15H2,1H3,(H,22,25)(H,23,26). The molecular formula is C21H21N3O4. The van der Waals surface area contributed by atoms with Gasteiger partial charge in [0.1, 0.15) is 0 Å². The quantitative estimate of drug-likeness (QED) is 0.619. The second-order valence-corrected chi connectivity index (χ2v) is 5.81. The van der Waals surface area contributed by atoms with Gasteiger partial charge in [0.2, 0.25) is 0 Å². The van der Waals surface area contributed by atoms with Crippen LogP contribution < -0.4 is 20.3 Å². The summed E-state index contributed by atoms with van der Waals surface area (Å²) >= 11 is 0. The van der Waals surface area contributed by atoms with Gasteiger partial charge in [0.25, 0.3) is 11.8 Å². The van der Waals surface area contributed by atoms with Crippen LogP contribution in [0.25, 0.3) is 5.69 Å². The van der Waals surface area contributed by atoms with Gasteiger partial charge in [0.05, 0.1) is 6.61 Å². The van der Waals surface area contributed by atoms with E-state index in [1.807, 2.05) is 54.2 Å². The Morgan fingerprint density at radius 2 is 1.50 bits per heavy atom. The maximum atomic E-state index is 12.2. The van der Waals surface area contributed by atoms with E-state index in [0.717, 1.165) is 5.69 Å². The molecule has 7 heteroatoms. The topological polar surface area (TPSA) is 81.6 Å². The molecule has 1 aromatic heterocycles. The summed E-state index contributed by atoms with van der Waals surface area (Å²) in [6.45, 7) is 2.10. The van der Waals surface area contributed by atoms with E-state index in [9.17, 15) is 9.59 Å². The molecule has 0 bridgehead atoms. The van der Waals surface area contributed by atoms with Crippen molar-refractivity contribution in [3.05, 3.63) is 78.6 Å². The summed E-state index contributed by atoms with van der Waals surface area (Å²) in [6, 6.07) is 17.9. The molecule has 1 heterocycles. The molecule has 2 aromatic carbocycles. The number of carbonyl (C=O) groups is 2. The number of hydrogen-bond acceptors (Lipinski definition) is 4. The van der Waals surface area contributed by atoms with Crippen LogP contribution in [0.15, 0.2) is 73.1 Å². The molecule has 28 heavy (non-hydrogen) atoms. The molecule has 0 radical (unpaired) electrons. The molecule has 3 rings (SSSR count). The molecule has 0 aliphatic rings. The van der Waals surface area contributed by atoms with Gasteiger partial charge in [0.15, 0.2) is 18.1 Å². The minimum absolute atomic E-state index is 0.253. The van der Waals surface area contributed by atoms with E-state index in [4.69, 9.17) is 9.47 Å². The van der Waals surface area contributed by atoms with Crippen molar-refractivity contribution in [2.24, 2.45) is 0 Å². The fraction of sp³-hybridized carbons (Fsp3) is 0.143. The number of para-hydroxylation sites is 2. The maximum Gasteiger partial charge on any atom is 0.276 e. The average Bonchev–Trinajstić information content (AvgIpc) is 3.26. The number of rotatable bonds is 7. The number of nitrogens with one attached hydrogen (secondary N) is 2. The fourth-order valence-electron chi connectivity index (χ4n) is 2.51. The van der Waals surface area contributed by atoms with Crippen molar-refractivity contribution >= 4 is 11.8 Å². The van der Waals surface area contributed by atoms with E-state index in [-0.39, 0.29) is 6.61 Å². The molecule has 2 N–H and O–H groups in total. The number of benzene rings is 2. The molecule has 0 aliphatic carbocycles. The maximum absolute atomic E-state index is 12.2. The molecule has 0 saturated carbocycles. The Morgan fingerprint density at radius 3 is 2.14 bits per heavy atom. The van der Waals surface area contributed by atoms with Crippen molar-refractivity contribution in [1.29, 1.82) is 0 Å². The van der Waals surface area contributed by atoms with Crippen molar-refractivity contribution in [3.8, 4) is 17.2 Å². The van der Waals surface area contributed by atoms with Crippen LogP contribution in [0, 0.1) is 0 Å². The highest BCUT2D eigenvalue weighted by Gasteiger charge is 2.10. The fourth-order valence-corrected chi connectivity index (χ4v) is 2.51. The molecular weight excluding hydrogens is 358 g/mol. The van der Waals surface area contributed by atoms with Gasteiger partial charge < -0.3 is 14.0 Å². The van der Waals surface area contributed by atoms with E-state index in [0.29, 0.717) is 23.7 Å². The van der Waals surface area contributed by atoms with Gasteiger partial charge in [-0.15, -0.1) is 0 Å². The van der Waals surface area contributed by atoms with Crippen molar-refractivity contribution in [2.75, 3.05) is 13.2 Å². The van der Waals surface area contributed by atoms with Crippen LogP contribution in [-0.2, 0) is 4.79 Å². The first kappa shape index (κ1) is 19.0. The Morgan fingerprint density at radius 1 is 0.857 bits per heavy atom. The third-order valence-electron chi connectivity index (χ3n) is 3.86. The normalized spacial score (nSPS) is 10.2. The van der Waals surface area contributed by atoms with Gasteiger partial charge in [0, 0.05) is 23.6 Å². The number of hydrogen-bond donors (Lipinski definition) is 2. The minimum atomic E-state index is -0.483. The van der Waals surface area contributed by atoms with Crippen LogP contribution in [0.3, 0.4) is 0 Å². The molecule has 0 fully saturated rings. The second-order valence-electron chi connectivity index (χ2n) is 5.81. The van der Waals surface area contributed by atoms with Crippen LogP contribution in [0.2, 0.25) is 0 Å². The van der Waals surface area contributed by atoms with E-state index < -0.39 is 11.8 Å². The predicted octanol–water partition coefficient (Wildman–Crippen LogP) is 2.72. The first-order chi connectivity index (χ1) is 13.7. The summed E-state index contributed by atoms with van der Waals surface area (Å²) in [7, 11) is 0. The average molecular weight is 379 g/mol. The van der Waals surface area contributed by atoms with Crippen LogP contribution in [0.1, 0.15) is 17.3 Å². The summed E-state index contributed by atoms with van der Waals surface area (Å²) < 4.78 is 12.8. The van der Waals surface area contributed by atoms with Crippen LogP contribution in [0.4, 0.5) is 0 Å². The van der Waals surface area contributed by atoms with Crippen molar-refractivity contribution < 1.29 is 19.1 Å². The number of nitrogens with zero attached hydrogens (tertiary/aromatic N) is 1. The van der Waals surface area contributed by atoms with E-state index >= 15 is 0 Å². The van der Waals surface area contributed by atoms with Gasteiger partial charge in [-0.25, -0.2) is 0 Å². The smallest absolute Gasteiger partial charge is 0.276 e. The van der Waals surface area contributed by atoms with Crippen LogP contribution in [0.5, 0.6) is 11.5 Å². The number of hydrazine groups is 1. The third-order valence-corrected chi connectivity index (χ3v) is 3.86. The molecule has 0 atom stereocenters. The Hall–Kier alpha value is -3.74. The van der Waals surface area contributed by atoms with Gasteiger partial charge in [-0.2, -0.15) is 0 Å². The lowest BCUT2D eigenvalue weighted by molar-refractivity contribution is -0.123. The lowest BCUT2D eigenvalue weighted by Crippen LogP contribution is -2.43. The predicted molar refractivity (Wildman–Crippen MR) is 104 cm³/mol. The number of ether oxygens (including phenoxy) is 2. The SMILES string of the molecule is CCOc1ccccc1OCC(=O)NNC(=O)c1ccc(-n2cccc2)cc1. The lowest BCUT2D eigenvalue weighted by atomic mass is 10.2. The van der Waals surface area contributed by atoms with Gasteiger partial charge in [-0.3, -0.25) is 20.4 Å². The molecule has 0 saturated heterocycles. The molecule has 144 valence electrons. The van der Waals surface area contributed by atoms with Crippen molar-refractivity contribution in [2.45, 2.75) is 6.92 Å². The van der Waals surface area contributed by atoms with Gasteiger partial charge >= 0.3 is 0 Å². The molecule has 3 aromatic rings. The summed E-state index contributed by atoms with van der Waals surface area (Å²) in [6.07, 6.45) is 3.83. The van der Waals surface area contributed by atoms with Crippen LogP contribution in [-0.4, -0.2) is 29.6 Å². The Bertz CT molecular complexity index is 921. The summed E-state index contributed by atoms with van der Waals surface area (Å²) in [4.78, 5) is 24.1. The Labute approximate surface area is 162 Å². The highest BCUT2D eigenvalue weighted by molar-refractivity contribution is 5.95. The zero-order valence-electron chi connectivity index (χ0n) is 15.4. The minimum Gasteiger partial charge on any atom is -0.490 e. The molecule has 0 aliphatic heterocycles. The van der Waals surface area contributed by atoms with Crippen molar-refractivity contribution in [3.63, 3.8) is 0 Å². The highest BCUT2D eigenvalue weighted by atomic mass is 16.5.